The number of carbonyl (C=O) groups excluding carboxylic acids is 6. The number of cyclic esters (lactones) is 1. The molecular weight excluding hydrogens is 1650 g/mol. The second-order valence-corrected chi connectivity index (χ2v) is 35.3. The predicted molar refractivity (Wildman–Crippen MR) is 477 cm³/mol. The maximum Gasteiger partial charge on any atom is 0.329 e. The highest BCUT2D eigenvalue weighted by molar-refractivity contribution is 6.39. The first kappa shape index (κ1) is 100. The standard InChI is InChI=1S/C94H138N12O22/c1-60-15-10-9-11-16-61(2)78(117-7)55-71-24-19-65(6)94(116,128-71)88(113)91(114)105-29-13-12-17-74(105)92(115)126-79(56-75(107)62(3)50-64(5)86(111)87(112)85(110)63(4)49-60)72(95)52-66-21-25-77(80(53-66)118-8)125-82(109)18-14-37-119-41-43-121-39-35-102-31-33-103(34-32-102)36-40-122-44-46-124-48-47-123-45-42-120-38-28-81(108)104-30-27-68-51-67(20-22-70(68)58-104)57-106-90-83(89(96)98-59-99-90)84(101-106)69-23-26-76-73(54-69)100-93(97)127-76/h9-11,15-16,20,22-23,26,50-51,54,59-60,62-63,65-66,71-72,74-75,77-80,86-87,107,111-112,116H,12-14,17-19,21,24-25,27-49,52-53,55-58,95H2,1-8H3,(H2,97,100)(H2,96,98,99)/b11-9?,15-10+,61-16?,64-50+/t60-,62-,63-,65-,66+,71+,72-,74+,75-,77-,78+,79+,80-,86-,87+,94-/m1/s1. The number of nitrogen functional groups attached to an aromatic ring is 2. The molecule has 2 bridgehead atoms. The third kappa shape index (κ3) is 28.3. The van der Waals surface area contributed by atoms with E-state index in [1.807, 2.05) is 65.9 Å². The van der Waals surface area contributed by atoms with E-state index < -0.39 is 108 Å². The molecule has 34 heteroatoms. The number of hydrogen-bond donors (Lipinski definition) is 7. The van der Waals surface area contributed by atoms with E-state index in [0.717, 1.165) is 72.9 Å². The van der Waals surface area contributed by atoms with E-state index in [4.69, 9.17) is 78.8 Å². The summed E-state index contributed by atoms with van der Waals surface area (Å²) in [6.07, 6.45) is 10.4. The van der Waals surface area contributed by atoms with Gasteiger partial charge in [-0.25, -0.2) is 19.4 Å². The number of aliphatic hydroxyl groups excluding tert-OH is 3. The van der Waals surface area contributed by atoms with Gasteiger partial charge in [-0.15, -0.1) is 0 Å². The van der Waals surface area contributed by atoms with Crippen molar-refractivity contribution in [3.8, 4) is 11.3 Å². The second-order valence-electron chi connectivity index (χ2n) is 35.3. The van der Waals surface area contributed by atoms with Crippen LogP contribution in [0.2, 0.25) is 0 Å². The van der Waals surface area contributed by atoms with Gasteiger partial charge in [0.05, 0.1) is 115 Å². The Morgan fingerprint density at radius 3 is 2.09 bits per heavy atom. The Bertz CT molecular complexity index is 4550. The number of nitrogens with zero attached hydrogens (tertiary/aromatic N) is 9. The Balaban J connectivity index is 0.521. The number of anilines is 2. The molecule has 34 nitrogen and oxygen atoms in total. The number of piperazine rings is 1. The smallest absolute Gasteiger partial charge is 0.329 e. The van der Waals surface area contributed by atoms with Crippen molar-refractivity contribution < 1.29 is 106 Å². The number of rotatable bonds is 34. The molecular formula is C94H138N12O22. The molecule has 3 aromatic heterocycles. The molecule has 2 amide bonds. The number of ether oxygens (including phenoxy) is 11. The van der Waals surface area contributed by atoms with Gasteiger partial charge in [0.25, 0.3) is 17.7 Å². The van der Waals surface area contributed by atoms with Crippen molar-refractivity contribution >= 4 is 69.3 Å². The summed E-state index contributed by atoms with van der Waals surface area (Å²) in [6.45, 7) is 22.8. The van der Waals surface area contributed by atoms with Gasteiger partial charge in [-0.3, -0.25) is 33.8 Å². The summed E-state index contributed by atoms with van der Waals surface area (Å²) in [7, 11) is 3.12. The van der Waals surface area contributed by atoms with Gasteiger partial charge in [0.15, 0.2) is 17.0 Å². The Labute approximate surface area is 750 Å². The lowest BCUT2D eigenvalue weighted by molar-refractivity contribution is -0.265. The van der Waals surface area contributed by atoms with Gasteiger partial charge >= 0.3 is 11.9 Å². The van der Waals surface area contributed by atoms with Crippen LogP contribution in [-0.4, -0.2) is 313 Å². The van der Waals surface area contributed by atoms with Crippen LogP contribution in [0.4, 0.5) is 11.8 Å². The number of piperidine rings is 1. The number of hydrogen-bond acceptors (Lipinski definition) is 31. The maximum atomic E-state index is 14.7. The monoisotopic (exact) mass is 1790 g/mol. The van der Waals surface area contributed by atoms with Crippen LogP contribution in [0.1, 0.15) is 155 Å². The first-order valence-electron chi connectivity index (χ1n) is 45.9. The first-order valence-corrected chi connectivity index (χ1v) is 45.9. The largest absolute Gasteiger partial charge is 0.460 e. The quantitative estimate of drug-likeness (QED) is 0.00926. The van der Waals surface area contributed by atoms with Crippen molar-refractivity contribution in [3.05, 3.63) is 107 Å². The van der Waals surface area contributed by atoms with Crippen LogP contribution >= 0.6 is 0 Å². The molecule has 706 valence electrons. The average Bonchev–Trinajstić information content (AvgIpc) is 1.62. The number of carbonyl (C=O) groups is 6. The summed E-state index contributed by atoms with van der Waals surface area (Å²) in [6, 6.07) is 9.83. The molecule has 11 rings (SSSR count). The molecule has 6 aliphatic rings. The fourth-order valence-corrected chi connectivity index (χ4v) is 18.0. The normalized spacial score (nSPS) is 27.9. The second kappa shape index (κ2) is 49.7. The molecule has 128 heavy (non-hydrogen) atoms. The van der Waals surface area contributed by atoms with Crippen molar-refractivity contribution in [3.63, 3.8) is 0 Å². The number of methoxy groups -OCH3 is 2. The zero-order valence-corrected chi connectivity index (χ0v) is 75.9. The molecule has 1 saturated carbocycles. The van der Waals surface area contributed by atoms with Crippen LogP contribution in [0.3, 0.4) is 0 Å². The summed E-state index contributed by atoms with van der Waals surface area (Å²) in [5.74, 6) is -8.39. The Kier molecular flexibility index (Phi) is 38.9. The number of Topliss-reactive ketones (excluding diaryl/α,β-unsaturated/α-hetero) is 2. The van der Waals surface area contributed by atoms with E-state index >= 15 is 0 Å². The summed E-state index contributed by atoms with van der Waals surface area (Å²) >= 11 is 0. The van der Waals surface area contributed by atoms with Crippen LogP contribution in [0.25, 0.3) is 33.4 Å². The molecule has 1 aliphatic carbocycles. The number of ketones is 2. The summed E-state index contributed by atoms with van der Waals surface area (Å²) < 4.78 is 72.4. The number of amides is 2. The molecule has 0 unspecified atom stereocenters. The van der Waals surface area contributed by atoms with Gasteiger partial charge in [-0.1, -0.05) is 82.4 Å². The minimum Gasteiger partial charge on any atom is -0.460 e. The number of aromatic nitrogens is 5. The number of aliphatic hydroxyl groups is 4. The van der Waals surface area contributed by atoms with Gasteiger partial charge in [0.2, 0.25) is 11.7 Å². The highest BCUT2D eigenvalue weighted by Crippen LogP contribution is 2.39. The molecule has 5 aliphatic heterocycles. The van der Waals surface area contributed by atoms with Crippen LogP contribution in [0.5, 0.6) is 0 Å². The van der Waals surface area contributed by atoms with Gasteiger partial charge in [-0.2, -0.15) is 10.1 Å². The number of fused-ring (bicyclic) bond motifs is 6. The average molecular weight is 1790 g/mol. The van der Waals surface area contributed by atoms with E-state index in [0.29, 0.717) is 197 Å². The molecule has 5 aromatic rings. The van der Waals surface area contributed by atoms with Gasteiger partial charge in [0, 0.05) is 128 Å². The van der Waals surface area contributed by atoms with Gasteiger partial charge in [0.1, 0.15) is 53.8 Å². The maximum absolute atomic E-state index is 14.7. The fraction of sp³-hybridized carbons (Fsp3) is 0.660. The van der Waals surface area contributed by atoms with E-state index in [1.165, 1.54) is 11.9 Å². The molecule has 0 spiro atoms. The number of benzene rings is 2. The van der Waals surface area contributed by atoms with E-state index in [1.54, 1.807) is 54.1 Å². The zero-order valence-electron chi connectivity index (χ0n) is 75.9. The third-order valence-electron chi connectivity index (χ3n) is 25.8. The topological polar surface area (TPSA) is 446 Å². The number of oxazole rings is 1. The van der Waals surface area contributed by atoms with Crippen molar-refractivity contribution in [1.82, 2.24) is 44.3 Å². The van der Waals surface area contributed by atoms with Crippen LogP contribution in [0.15, 0.2) is 94.7 Å². The van der Waals surface area contributed by atoms with Gasteiger partial charge in [-0.05, 0) is 149 Å². The van der Waals surface area contributed by atoms with Crippen LogP contribution in [0, 0.1) is 29.6 Å². The predicted octanol–water partition coefficient (Wildman–Crippen LogP) is 7.19. The lowest BCUT2D eigenvalue weighted by atomic mass is 9.80. The SMILES string of the molecule is CO[C@H]1C[C@@H]2CC[C@@H](C)[C@@](O)(O2)C(=O)C(=O)N2CCCC[C@H]2C(=O)O[C@H]([C@H](N)C[C@@H]2CC[C@@H](OC(=O)CCCOCCOCCN3CCN(CCOCCOCCOCCOCCC(=O)N4CCc5cc(Cn6nc(-c7ccc8oc(N)nc8c7)c7c(N)ncnc76)ccc5C4)CC3)[C@H](OC)C2)C[C@@H](O)[C@H](C)/C=C(\C)[C@@H](O)[C@@H](O)C(=O)[C@H](C)C[C@H](C)/C=C/C=CC=C1C. The Hall–Kier alpha value is -8.40. The lowest BCUT2D eigenvalue weighted by Crippen LogP contribution is -2.61. The summed E-state index contributed by atoms with van der Waals surface area (Å²) in [5, 5.41) is 52.3. The van der Waals surface area contributed by atoms with E-state index in [-0.39, 0.29) is 73.9 Å². The van der Waals surface area contributed by atoms with Crippen molar-refractivity contribution in [2.75, 3.05) is 157 Å². The van der Waals surface area contributed by atoms with Crippen molar-refractivity contribution in [1.29, 1.82) is 0 Å². The molecule has 16 atom stereocenters. The van der Waals surface area contributed by atoms with E-state index in [9.17, 15) is 49.2 Å². The number of esters is 2. The Morgan fingerprint density at radius 1 is 0.688 bits per heavy atom. The molecule has 4 fully saturated rings. The molecule has 10 N–H and O–H groups in total. The first-order chi connectivity index (χ1) is 61.7. The highest BCUT2D eigenvalue weighted by Gasteiger charge is 2.53. The van der Waals surface area contributed by atoms with Crippen molar-refractivity contribution in [2.24, 2.45) is 35.3 Å². The van der Waals surface area contributed by atoms with Crippen molar-refractivity contribution in [2.45, 2.75) is 224 Å². The van der Waals surface area contributed by atoms with Crippen LogP contribution in [-0.2, 0) is 100 Å². The van der Waals surface area contributed by atoms with E-state index in [2.05, 4.69) is 43.0 Å². The molecule has 3 saturated heterocycles. The summed E-state index contributed by atoms with van der Waals surface area (Å²) in [5.41, 5.74) is 26.9. The fourth-order valence-electron chi connectivity index (χ4n) is 18.0. The third-order valence-corrected chi connectivity index (χ3v) is 25.8. The molecule has 8 heterocycles. The Morgan fingerprint density at radius 2 is 1.38 bits per heavy atom. The molecule has 0 radical (unpaired) electrons. The lowest BCUT2D eigenvalue weighted by Gasteiger charge is -2.42. The summed E-state index contributed by atoms with van der Waals surface area (Å²) in [4.78, 5) is 105. The number of nitrogens with two attached hydrogens (primary N) is 3. The van der Waals surface area contributed by atoms with Gasteiger partial charge < -0.3 is 104 Å². The minimum absolute atomic E-state index is 0.0242. The number of allylic oxidation sites excluding steroid dienone is 5. The highest BCUT2D eigenvalue weighted by atomic mass is 16.6. The van der Waals surface area contributed by atoms with Crippen LogP contribution < -0.4 is 17.2 Å². The zero-order chi connectivity index (χ0) is 91.4. The molecule has 2 aromatic carbocycles. The minimum atomic E-state index is -2.49.